The Morgan fingerprint density at radius 1 is 0.956 bits per heavy atom. The Morgan fingerprint density at radius 2 is 1.76 bits per heavy atom. The molecule has 11 heteroatoms. The number of nitrogens with one attached hydrogen (secondary N) is 4. The van der Waals surface area contributed by atoms with E-state index in [-0.39, 0.29) is 30.6 Å². The topological polar surface area (TPSA) is 141 Å². The van der Waals surface area contributed by atoms with Crippen molar-refractivity contribution in [2.75, 3.05) is 19.6 Å². The van der Waals surface area contributed by atoms with E-state index in [0.717, 1.165) is 33.4 Å². The summed E-state index contributed by atoms with van der Waals surface area (Å²) in [5.74, 6) is -1.18. The van der Waals surface area contributed by atoms with Gasteiger partial charge in [-0.25, -0.2) is 0 Å². The number of aromatic amines is 1. The van der Waals surface area contributed by atoms with Gasteiger partial charge < -0.3 is 25.8 Å². The summed E-state index contributed by atoms with van der Waals surface area (Å²) in [6.07, 6.45) is 3.24. The fourth-order valence-corrected chi connectivity index (χ4v) is 5.75. The summed E-state index contributed by atoms with van der Waals surface area (Å²) in [6.45, 7) is 7.20. The lowest BCUT2D eigenvalue weighted by molar-refractivity contribution is -0.131. The van der Waals surface area contributed by atoms with Crippen LogP contribution in [0.4, 0.5) is 0 Å². The first-order chi connectivity index (χ1) is 21.7. The zero-order valence-electron chi connectivity index (χ0n) is 26.1. The lowest BCUT2D eigenvalue weighted by atomic mass is 10.0. The van der Waals surface area contributed by atoms with Gasteiger partial charge in [0.1, 0.15) is 12.1 Å². The maximum atomic E-state index is 13.7. The van der Waals surface area contributed by atoms with Crippen LogP contribution >= 0.6 is 0 Å². The summed E-state index contributed by atoms with van der Waals surface area (Å²) < 4.78 is 1.91. The van der Waals surface area contributed by atoms with Crippen molar-refractivity contribution >= 4 is 34.5 Å². The van der Waals surface area contributed by atoms with Crippen molar-refractivity contribution < 1.29 is 19.2 Å². The number of hydrogen-bond donors (Lipinski definition) is 4. The smallest absolute Gasteiger partial charge is 0.253 e. The number of carbonyl (C=O) groups is 4. The van der Waals surface area contributed by atoms with Crippen LogP contribution in [0.2, 0.25) is 0 Å². The molecular formula is C34H41N7O4. The molecule has 1 aliphatic rings. The minimum Gasteiger partial charge on any atom is -0.361 e. The molecule has 11 nitrogen and oxygen atoms in total. The van der Waals surface area contributed by atoms with Crippen LogP contribution in [-0.2, 0) is 27.3 Å². The van der Waals surface area contributed by atoms with E-state index < -0.39 is 18.0 Å². The summed E-state index contributed by atoms with van der Waals surface area (Å²) in [6, 6.07) is 15.7. The van der Waals surface area contributed by atoms with Crippen LogP contribution in [0.3, 0.4) is 0 Å². The van der Waals surface area contributed by atoms with Crippen LogP contribution in [-0.4, -0.2) is 75.0 Å². The minimum atomic E-state index is -0.844. The Bertz CT molecular complexity index is 1690. The quantitative estimate of drug-likeness (QED) is 0.275. The van der Waals surface area contributed by atoms with E-state index in [1.807, 2.05) is 73.3 Å². The van der Waals surface area contributed by atoms with E-state index in [9.17, 15) is 19.2 Å². The van der Waals surface area contributed by atoms with E-state index >= 15 is 0 Å². The zero-order chi connectivity index (χ0) is 31.9. The average Bonchev–Trinajstić information content (AvgIpc) is 3.57. The molecule has 0 saturated carbocycles. The van der Waals surface area contributed by atoms with Crippen LogP contribution in [0.5, 0.6) is 0 Å². The maximum absolute atomic E-state index is 13.7. The Morgan fingerprint density at radius 3 is 2.56 bits per heavy atom. The molecule has 1 aliphatic heterocycles. The highest BCUT2D eigenvalue weighted by molar-refractivity contribution is 5.95. The second-order valence-electron chi connectivity index (χ2n) is 11.7. The fraction of sp³-hybridized carbons (Fsp3) is 0.382. The summed E-state index contributed by atoms with van der Waals surface area (Å²) in [5.41, 5.74) is 5.35. The highest BCUT2D eigenvalue weighted by Gasteiger charge is 2.26. The number of fused-ring (bicyclic) bond motifs is 1. The number of para-hydroxylation sites is 1. The number of amides is 4. The van der Waals surface area contributed by atoms with Crippen molar-refractivity contribution in [3.8, 4) is 0 Å². The van der Waals surface area contributed by atoms with Crippen molar-refractivity contribution in [3.63, 3.8) is 0 Å². The van der Waals surface area contributed by atoms with Gasteiger partial charge in [-0.1, -0.05) is 30.3 Å². The molecule has 1 fully saturated rings. The van der Waals surface area contributed by atoms with Gasteiger partial charge in [-0.2, -0.15) is 5.10 Å². The third-order valence-electron chi connectivity index (χ3n) is 8.14. The Labute approximate surface area is 262 Å². The number of hydrogen-bond acceptors (Lipinski definition) is 5. The van der Waals surface area contributed by atoms with Gasteiger partial charge in [-0.05, 0) is 69.0 Å². The van der Waals surface area contributed by atoms with Gasteiger partial charge in [-0.15, -0.1) is 0 Å². The highest BCUT2D eigenvalue weighted by atomic mass is 16.2. The van der Waals surface area contributed by atoms with E-state index in [2.05, 4.69) is 26.0 Å². The lowest BCUT2D eigenvalue weighted by Crippen LogP contribution is -2.53. The molecule has 3 heterocycles. The highest BCUT2D eigenvalue weighted by Crippen LogP contribution is 2.19. The standard InChI is InChI=1S/C34H41N7O4/c1-22-17-23(2)41(39-22)21-25-9-6-10-26(18-25)34(45)40-15-7-13-31(42)37-24(3)32(43)38-30(33(44)35-14-8-16-40)19-27-20-36-29-12-5-4-11-28(27)29/h4-6,9-12,17-18,20,24,30,36H,7-8,13-16,19,21H2,1-3H3,(H,35,44)(H,37,42)(H,38,43)/t24-,30+/m0/s1. The third-order valence-corrected chi connectivity index (χ3v) is 8.14. The van der Waals surface area contributed by atoms with Crippen LogP contribution in [0.1, 0.15) is 59.1 Å². The van der Waals surface area contributed by atoms with Crippen LogP contribution in [0.25, 0.3) is 10.9 Å². The van der Waals surface area contributed by atoms with E-state index in [1.54, 1.807) is 17.9 Å². The minimum absolute atomic E-state index is 0.135. The van der Waals surface area contributed by atoms with Crippen molar-refractivity contribution in [3.05, 3.63) is 88.9 Å². The number of aromatic nitrogens is 3. The molecule has 2 aromatic heterocycles. The van der Waals surface area contributed by atoms with E-state index in [0.29, 0.717) is 44.6 Å². The summed E-state index contributed by atoms with van der Waals surface area (Å²) in [5, 5.41) is 14.0. The average molecular weight is 612 g/mol. The fourth-order valence-electron chi connectivity index (χ4n) is 5.75. The van der Waals surface area contributed by atoms with E-state index in [1.165, 1.54) is 0 Å². The predicted molar refractivity (Wildman–Crippen MR) is 172 cm³/mol. The van der Waals surface area contributed by atoms with Gasteiger partial charge in [-0.3, -0.25) is 23.9 Å². The number of rotatable bonds is 5. The van der Waals surface area contributed by atoms with Gasteiger partial charge in [0.2, 0.25) is 17.7 Å². The molecule has 4 N–H and O–H groups in total. The number of aryl methyl sites for hydroxylation is 2. The van der Waals surface area contributed by atoms with Gasteiger partial charge in [0, 0.05) is 60.8 Å². The van der Waals surface area contributed by atoms with Gasteiger partial charge in [0.25, 0.3) is 5.91 Å². The normalized spacial score (nSPS) is 18.9. The Balaban J connectivity index is 1.29. The molecule has 236 valence electrons. The van der Waals surface area contributed by atoms with Gasteiger partial charge in [0.05, 0.1) is 12.2 Å². The summed E-state index contributed by atoms with van der Waals surface area (Å²) in [7, 11) is 0. The number of carbonyl (C=O) groups excluding carboxylic acids is 4. The molecule has 2 atom stereocenters. The molecule has 0 bridgehead atoms. The summed E-state index contributed by atoms with van der Waals surface area (Å²) >= 11 is 0. The molecule has 0 radical (unpaired) electrons. The molecule has 0 aliphatic carbocycles. The lowest BCUT2D eigenvalue weighted by Gasteiger charge is -2.23. The number of nitrogens with zero attached hydrogens (tertiary/aromatic N) is 3. The van der Waals surface area contributed by atoms with E-state index in [4.69, 9.17) is 0 Å². The molecule has 5 rings (SSSR count). The molecule has 45 heavy (non-hydrogen) atoms. The maximum Gasteiger partial charge on any atom is 0.253 e. The number of benzene rings is 2. The Hall–Kier alpha value is -4.93. The molecule has 2 aromatic carbocycles. The van der Waals surface area contributed by atoms with Crippen molar-refractivity contribution in [2.45, 2.75) is 65.1 Å². The third kappa shape index (κ3) is 7.97. The molecule has 1 saturated heterocycles. The number of H-pyrrole nitrogens is 1. The first-order valence-corrected chi connectivity index (χ1v) is 15.5. The molecule has 0 unspecified atom stereocenters. The van der Waals surface area contributed by atoms with Crippen molar-refractivity contribution in [2.24, 2.45) is 0 Å². The van der Waals surface area contributed by atoms with Crippen LogP contribution < -0.4 is 16.0 Å². The first-order valence-electron chi connectivity index (χ1n) is 15.5. The second kappa shape index (κ2) is 14.2. The second-order valence-corrected chi connectivity index (χ2v) is 11.7. The van der Waals surface area contributed by atoms with Gasteiger partial charge >= 0.3 is 0 Å². The molecule has 4 amide bonds. The molecule has 4 aromatic rings. The van der Waals surface area contributed by atoms with Crippen molar-refractivity contribution in [1.29, 1.82) is 0 Å². The zero-order valence-corrected chi connectivity index (χ0v) is 26.1. The van der Waals surface area contributed by atoms with Gasteiger partial charge in [0.15, 0.2) is 0 Å². The van der Waals surface area contributed by atoms with Crippen LogP contribution in [0, 0.1) is 13.8 Å². The Kier molecular flexibility index (Phi) is 9.96. The SMILES string of the molecule is Cc1cc(C)n(Cc2cccc(C(=O)N3CCCNC(=O)[C@@H](Cc4c[nH]c5ccccc45)NC(=O)[C@H](C)NC(=O)CCC3)c2)n1. The van der Waals surface area contributed by atoms with Crippen molar-refractivity contribution in [1.82, 2.24) is 35.6 Å². The molecule has 0 spiro atoms. The largest absolute Gasteiger partial charge is 0.361 e. The predicted octanol–water partition coefficient (Wildman–Crippen LogP) is 3.00. The first kappa shape index (κ1) is 31.5. The monoisotopic (exact) mass is 611 g/mol. The molecular weight excluding hydrogens is 570 g/mol. The van der Waals surface area contributed by atoms with Crippen LogP contribution in [0.15, 0.2) is 60.8 Å². The summed E-state index contributed by atoms with van der Waals surface area (Å²) in [4.78, 5) is 57.8.